The van der Waals surface area contributed by atoms with Crippen molar-refractivity contribution in [2.45, 2.75) is 45.1 Å². The number of nitrogens with one attached hydrogen (secondary N) is 2. The van der Waals surface area contributed by atoms with Gasteiger partial charge < -0.3 is 15.4 Å². The minimum absolute atomic E-state index is 0.0562. The van der Waals surface area contributed by atoms with Gasteiger partial charge in [-0.2, -0.15) is 0 Å². The van der Waals surface area contributed by atoms with Crippen molar-refractivity contribution in [1.82, 2.24) is 10.3 Å². The maximum atomic E-state index is 12.5. The Kier molecular flexibility index (Phi) is 5.17. The van der Waals surface area contributed by atoms with Crippen molar-refractivity contribution in [2.24, 2.45) is 0 Å². The second-order valence-corrected chi connectivity index (χ2v) is 5.90. The molecular weight excluding hydrogens is 266 g/mol. The van der Waals surface area contributed by atoms with Crippen molar-refractivity contribution in [3.8, 4) is 0 Å². The fraction of sp³-hybridized carbons (Fsp3) is 0.625. The van der Waals surface area contributed by atoms with E-state index in [9.17, 15) is 4.79 Å². The number of aryl methyl sites for hydroxylation is 1. The number of hydrogen-bond acceptors (Lipinski definition) is 4. The van der Waals surface area contributed by atoms with E-state index in [0.717, 1.165) is 43.8 Å². The lowest BCUT2D eigenvalue weighted by atomic mass is 9.94. The van der Waals surface area contributed by atoms with Crippen molar-refractivity contribution in [1.29, 1.82) is 0 Å². The van der Waals surface area contributed by atoms with Crippen molar-refractivity contribution >= 4 is 11.7 Å². The lowest BCUT2D eigenvalue weighted by Crippen LogP contribution is -2.51. The van der Waals surface area contributed by atoms with Crippen LogP contribution in [0.25, 0.3) is 0 Å². The van der Waals surface area contributed by atoms with Gasteiger partial charge >= 0.3 is 0 Å². The molecule has 0 bridgehead atoms. The predicted octanol–water partition coefficient (Wildman–Crippen LogP) is 2.37. The first-order valence-corrected chi connectivity index (χ1v) is 7.65. The van der Waals surface area contributed by atoms with Gasteiger partial charge in [0.15, 0.2) is 0 Å². The molecule has 1 aromatic rings. The van der Waals surface area contributed by atoms with Gasteiger partial charge in [0.2, 0.25) is 0 Å². The van der Waals surface area contributed by atoms with Gasteiger partial charge in [0.1, 0.15) is 5.82 Å². The summed E-state index contributed by atoms with van der Waals surface area (Å²) in [7, 11) is 1.82. The molecule has 1 unspecified atom stereocenters. The number of aromatic nitrogens is 1. The van der Waals surface area contributed by atoms with Crippen LogP contribution in [0.5, 0.6) is 0 Å². The van der Waals surface area contributed by atoms with Crippen molar-refractivity contribution in [3.63, 3.8) is 0 Å². The van der Waals surface area contributed by atoms with Crippen LogP contribution in [0.3, 0.4) is 0 Å². The second-order valence-electron chi connectivity index (χ2n) is 5.90. The highest BCUT2D eigenvalue weighted by atomic mass is 16.5. The Labute approximate surface area is 126 Å². The molecule has 2 rings (SSSR count). The molecule has 1 amide bonds. The van der Waals surface area contributed by atoms with Gasteiger partial charge in [-0.05, 0) is 38.3 Å². The smallest absolute Gasteiger partial charge is 0.251 e. The molecule has 0 aliphatic carbocycles. The summed E-state index contributed by atoms with van der Waals surface area (Å²) in [5.74, 6) is 0.676. The molecule has 5 heteroatoms. The fourth-order valence-electron chi connectivity index (χ4n) is 2.61. The summed E-state index contributed by atoms with van der Waals surface area (Å²) in [6, 6.07) is 3.67. The molecule has 1 aromatic heterocycles. The third-order valence-electron chi connectivity index (χ3n) is 3.76. The topological polar surface area (TPSA) is 63.2 Å². The molecule has 1 fully saturated rings. The quantitative estimate of drug-likeness (QED) is 0.874. The van der Waals surface area contributed by atoms with E-state index in [-0.39, 0.29) is 11.4 Å². The third-order valence-corrected chi connectivity index (χ3v) is 3.76. The number of ether oxygens (including phenoxy) is 1. The van der Waals surface area contributed by atoms with Gasteiger partial charge in [-0.1, -0.05) is 13.3 Å². The van der Waals surface area contributed by atoms with Gasteiger partial charge in [-0.15, -0.1) is 0 Å². The van der Waals surface area contributed by atoms with Crippen LogP contribution in [-0.2, 0) is 11.2 Å². The maximum Gasteiger partial charge on any atom is 0.251 e. The first-order chi connectivity index (χ1) is 10.1. The molecule has 1 atom stereocenters. The summed E-state index contributed by atoms with van der Waals surface area (Å²) in [5.41, 5.74) is 1.33. The molecule has 2 heterocycles. The zero-order valence-corrected chi connectivity index (χ0v) is 13.2. The van der Waals surface area contributed by atoms with E-state index in [2.05, 4.69) is 22.5 Å². The highest BCUT2D eigenvalue weighted by Crippen LogP contribution is 2.20. The molecule has 5 nitrogen and oxygen atoms in total. The lowest BCUT2D eigenvalue weighted by molar-refractivity contribution is 0.0272. The Morgan fingerprint density at radius 2 is 2.29 bits per heavy atom. The molecule has 0 spiro atoms. The largest absolute Gasteiger partial charge is 0.379 e. The summed E-state index contributed by atoms with van der Waals surface area (Å²) in [6.45, 7) is 5.50. The summed E-state index contributed by atoms with van der Waals surface area (Å²) in [6.07, 6.45) is 3.81. The summed E-state index contributed by atoms with van der Waals surface area (Å²) in [4.78, 5) is 17.0. The Bertz CT molecular complexity index is 496. The minimum atomic E-state index is -0.274. The first-order valence-electron chi connectivity index (χ1n) is 7.65. The second kappa shape index (κ2) is 6.89. The molecule has 1 saturated heterocycles. The molecule has 0 aromatic carbocycles. The number of amides is 1. The monoisotopic (exact) mass is 291 g/mol. The van der Waals surface area contributed by atoms with Crippen LogP contribution in [-0.4, -0.2) is 36.7 Å². The van der Waals surface area contributed by atoms with Crippen LogP contribution >= 0.6 is 0 Å². The van der Waals surface area contributed by atoms with Crippen LogP contribution in [0, 0.1) is 0 Å². The van der Waals surface area contributed by atoms with Crippen molar-refractivity contribution in [3.05, 3.63) is 23.4 Å². The predicted molar refractivity (Wildman–Crippen MR) is 83.7 cm³/mol. The highest BCUT2D eigenvalue weighted by molar-refractivity contribution is 5.95. The summed E-state index contributed by atoms with van der Waals surface area (Å²) >= 11 is 0. The number of anilines is 1. The maximum absolute atomic E-state index is 12.5. The van der Waals surface area contributed by atoms with Gasteiger partial charge in [-0.3, -0.25) is 4.79 Å². The minimum Gasteiger partial charge on any atom is -0.379 e. The molecular formula is C16H25N3O2. The highest BCUT2D eigenvalue weighted by Gasteiger charge is 2.29. The number of nitrogens with zero attached hydrogens (tertiary/aromatic N) is 1. The molecule has 0 saturated carbocycles. The Hall–Kier alpha value is -1.62. The van der Waals surface area contributed by atoms with E-state index < -0.39 is 0 Å². The van der Waals surface area contributed by atoms with Crippen molar-refractivity contribution in [2.75, 3.05) is 25.6 Å². The lowest BCUT2D eigenvalue weighted by Gasteiger charge is -2.34. The average molecular weight is 291 g/mol. The van der Waals surface area contributed by atoms with E-state index in [0.29, 0.717) is 12.2 Å². The first kappa shape index (κ1) is 15.8. The molecule has 2 N–H and O–H groups in total. The van der Waals surface area contributed by atoms with Crippen molar-refractivity contribution < 1.29 is 9.53 Å². The SMILES string of the molecule is CCCc1cc(C(=O)NC2(C)CCCOC2)cc(NC)n1. The number of pyridine rings is 1. The molecule has 0 radical (unpaired) electrons. The number of carbonyl (C=O) groups is 1. The van der Waals surface area contributed by atoms with E-state index in [1.54, 1.807) is 6.07 Å². The van der Waals surface area contributed by atoms with E-state index in [1.165, 1.54) is 0 Å². The molecule has 1 aliphatic heterocycles. The Balaban J connectivity index is 2.15. The number of rotatable bonds is 5. The Morgan fingerprint density at radius 3 is 2.90 bits per heavy atom. The van der Waals surface area contributed by atoms with E-state index in [1.807, 2.05) is 20.0 Å². The molecule has 21 heavy (non-hydrogen) atoms. The van der Waals surface area contributed by atoms with Gasteiger partial charge in [0, 0.05) is 24.9 Å². The average Bonchev–Trinajstić information content (AvgIpc) is 2.47. The third kappa shape index (κ3) is 4.17. The number of hydrogen-bond donors (Lipinski definition) is 2. The van der Waals surface area contributed by atoms with Crippen LogP contribution in [0.4, 0.5) is 5.82 Å². The van der Waals surface area contributed by atoms with Gasteiger partial charge in [0.05, 0.1) is 12.1 Å². The Morgan fingerprint density at radius 1 is 1.48 bits per heavy atom. The standard InChI is InChI=1S/C16H25N3O2/c1-4-6-13-9-12(10-14(17-3)18-13)15(20)19-16(2)7-5-8-21-11-16/h9-10H,4-8,11H2,1-3H3,(H,17,18)(H,19,20). The zero-order chi connectivity index (χ0) is 15.3. The van der Waals surface area contributed by atoms with Crippen LogP contribution < -0.4 is 10.6 Å². The van der Waals surface area contributed by atoms with Gasteiger partial charge in [-0.25, -0.2) is 4.98 Å². The van der Waals surface area contributed by atoms with Gasteiger partial charge in [0.25, 0.3) is 5.91 Å². The number of carbonyl (C=O) groups excluding carboxylic acids is 1. The van der Waals surface area contributed by atoms with E-state index >= 15 is 0 Å². The fourth-order valence-corrected chi connectivity index (χ4v) is 2.61. The van der Waals surface area contributed by atoms with Crippen LogP contribution in [0.1, 0.15) is 49.2 Å². The normalized spacial score (nSPS) is 21.9. The molecule has 116 valence electrons. The summed E-state index contributed by atoms with van der Waals surface area (Å²) < 4.78 is 5.49. The summed E-state index contributed by atoms with van der Waals surface area (Å²) in [5, 5.41) is 6.13. The zero-order valence-electron chi connectivity index (χ0n) is 13.2. The van der Waals surface area contributed by atoms with Crippen LogP contribution in [0.15, 0.2) is 12.1 Å². The van der Waals surface area contributed by atoms with Crippen LogP contribution in [0.2, 0.25) is 0 Å². The van der Waals surface area contributed by atoms with E-state index in [4.69, 9.17) is 4.74 Å². The molecule has 1 aliphatic rings.